The van der Waals surface area contributed by atoms with Crippen LogP contribution < -0.4 is 5.32 Å². The quantitative estimate of drug-likeness (QED) is 0.563. The number of β-amino-alcohol motifs (C(OH)–C–C–N with tert-alkyl or cyclic N) is 1. The number of carbonyl (C=O) groups excluding carboxylic acids is 2. The molecule has 7 heteroatoms. The Morgan fingerprint density at radius 2 is 2.00 bits per heavy atom. The fourth-order valence-corrected chi connectivity index (χ4v) is 1.91. The Morgan fingerprint density at radius 1 is 1.41 bits per heavy atom. The first-order valence-corrected chi connectivity index (χ1v) is 5.31. The van der Waals surface area contributed by atoms with Crippen LogP contribution >= 0.6 is 0 Å². The summed E-state index contributed by atoms with van der Waals surface area (Å²) in [6.07, 6.45) is -0.807. The van der Waals surface area contributed by atoms with Gasteiger partial charge in [0.1, 0.15) is 12.1 Å². The molecule has 17 heavy (non-hydrogen) atoms. The first-order valence-electron chi connectivity index (χ1n) is 5.31. The van der Waals surface area contributed by atoms with E-state index in [4.69, 9.17) is 5.11 Å². The average molecular weight is 244 g/mol. The fourth-order valence-electron chi connectivity index (χ4n) is 1.91. The zero-order chi connectivity index (χ0) is 13.2. The molecule has 3 N–H and O–H groups in total. The molecule has 2 unspecified atom stereocenters. The van der Waals surface area contributed by atoms with E-state index in [9.17, 15) is 19.5 Å². The lowest BCUT2D eigenvalue weighted by Crippen LogP contribution is -2.50. The molecule has 0 radical (unpaired) electrons. The van der Waals surface area contributed by atoms with Crippen LogP contribution in [0.3, 0.4) is 0 Å². The molecule has 2 amide bonds. The molecule has 0 aromatic carbocycles. The van der Waals surface area contributed by atoms with Crippen LogP contribution in [-0.2, 0) is 14.4 Å². The minimum Gasteiger partial charge on any atom is -0.480 e. The summed E-state index contributed by atoms with van der Waals surface area (Å²) < 4.78 is 0. The maximum Gasteiger partial charge on any atom is 0.326 e. The predicted octanol–water partition coefficient (Wildman–Crippen LogP) is -1.44. The highest BCUT2D eigenvalue weighted by Crippen LogP contribution is 2.19. The van der Waals surface area contributed by atoms with Crippen LogP contribution in [0.25, 0.3) is 0 Å². The highest BCUT2D eigenvalue weighted by molar-refractivity contribution is 5.90. The number of aliphatic carboxylic acids is 1. The normalized spacial score (nSPS) is 25.5. The summed E-state index contributed by atoms with van der Waals surface area (Å²) in [5.41, 5.74) is 0. The van der Waals surface area contributed by atoms with Gasteiger partial charge in [0.2, 0.25) is 11.8 Å². The number of hydrogen-bond donors (Lipinski definition) is 3. The molecular weight excluding hydrogens is 228 g/mol. The van der Waals surface area contributed by atoms with Gasteiger partial charge in [0.15, 0.2) is 0 Å². The third-order valence-corrected chi connectivity index (χ3v) is 2.64. The first kappa shape index (κ1) is 13.4. The molecule has 0 aromatic rings. The van der Waals surface area contributed by atoms with Crippen molar-refractivity contribution in [2.24, 2.45) is 0 Å². The zero-order valence-corrected chi connectivity index (χ0v) is 9.71. The van der Waals surface area contributed by atoms with Crippen molar-refractivity contribution in [2.75, 3.05) is 6.54 Å². The Bertz CT molecular complexity index is 344. The highest BCUT2D eigenvalue weighted by Gasteiger charge is 2.40. The number of carboxylic acids is 1. The van der Waals surface area contributed by atoms with Gasteiger partial charge in [-0.1, -0.05) is 0 Å². The summed E-state index contributed by atoms with van der Waals surface area (Å²) in [5, 5.41) is 20.7. The van der Waals surface area contributed by atoms with Crippen molar-refractivity contribution < 1.29 is 24.6 Å². The highest BCUT2D eigenvalue weighted by atomic mass is 16.4. The molecule has 1 heterocycles. The van der Waals surface area contributed by atoms with Crippen LogP contribution in [0.2, 0.25) is 0 Å². The smallest absolute Gasteiger partial charge is 0.326 e. The molecular formula is C10H16N2O5. The molecule has 0 spiro atoms. The standard InChI is InChI=1S/C10H16N2O5/c1-5(11-6(2)13)9(15)12-4-7(14)3-8(12)10(16)17/h5,7-8,14H,3-4H2,1-2H3,(H,11,13)(H,16,17)/t5?,7?,8-/m0/s1. The van der Waals surface area contributed by atoms with Gasteiger partial charge in [-0.25, -0.2) is 4.79 Å². The van der Waals surface area contributed by atoms with Gasteiger partial charge in [-0.05, 0) is 6.92 Å². The second-order valence-corrected chi connectivity index (χ2v) is 4.16. The van der Waals surface area contributed by atoms with E-state index in [-0.39, 0.29) is 18.9 Å². The Hall–Kier alpha value is -1.63. The lowest BCUT2D eigenvalue weighted by atomic mass is 10.2. The maximum absolute atomic E-state index is 11.9. The van der Waals surface area contributed by atoms with Crippen molar-refractivity contribution in [2.45, 2.75) is 38.5 Å². The van der Waals surface area contributed by atoms with E-state index in [1.807, 2.05) is 0 Å². The van der Waals surface area contributed by atoms with Crippen LogP contribution in [-0.4, -0.2) is 57.6 Å². The number of aliphatic hydroxyl groups is 1. The number of aliphatic hydroxyl groups excluding tert-OH is 1. The van der Waals surface area contributed by atoms with Gasteiger partial charge in [-0.2, -0.15) is 0 Å². The molecule has 3 atom stereocenters. The predicted molar refractivity (Wildman–Crippen MR) is 57.0 cm³/mol. The van der Waals surface area contributed by atoms with Crippen LogP contribution in [0.4, 0.5) is 0 Å². The van der Waals surface area contributed by atoms with Gasteiger partial charge < -0.3 is 20.4 Å². The number of hydrogen-bond acceptors (Lipinski definition) is 4. The van der Waals surface area contributed by atoms with E-state index in [2.05, 4.69) is 5.32 Å². The Labute approximate surface area is 98.4 Å². The Morgan fingerprint density at radius 3 is 2.47 bits per heavy atom. The minimum atomic E-state index is -1.15. The van der Waals surface area contributed by atoms with Crippen LogP contribution in [0, 0.1) is 0 Å². The monoisotopic (exact) mass is 244 g/mol. The van der Waals surface area contributed by atoms with Gasteiger partial charge >= 0.3 is 5.97 Å². The summed E-state index contributed by atoms with van der Waals surface area (Å²) in [6.45, 7) is 2.74. The first-order chi connectivity index (χ1) is 7.82. The second kappa shape index (κ2) is 5.13. The minimum absolute atomic E-state index is 0.0142. The summed E-state index contributed by atoms with van der Waals surface area (Å²) >= 11 is 0. The van der Waals surface area contributed by atoms with E-state index < -0.39 is 30.1 Å². The fraction of sp³-hybridized carbons (Fsp3) is 0.700. The number of amides is 2. The van der Waals surface area contributed by atoms with Gasteiger partial charge in [-0.3, -0.25) is 9.59 Å². The van der Waals surface area contributed by atoms with E-state index in [0.717, 1.165) is 4.90 Å². The zero-order valence-electron chi connectivity index (χ0n) is 9.71. The van der Waals surface area contributed by atoms with E-state index in [1.165, 1.54) is 13.8 Å². The van der Waals surface area contributed by atoms with Crippen LogP contribution in [0.15, 0.2) is 0 Å². The Kier molecular flexibility index (Phi) is 4.06. The number of nitrogens with zero attached hydrogens (tertiary/aromatic N) is 1. The van der Waals surface area contributed by atoms with Crippen LogP contribution in [0.5, 0.6) is 0 Å². The number of carboxylic acid groups (broad SMARTS) is 1. The summed E-state index contributed by atoms with van der Waals surface area (Å²) in [7, 11) is 0. The summed E-state index contributed by atoms with van der Waals surface area (Å²) in [5.74, 6) is -2.01. The van der Waals surface area contributed by atoms with Gasteiger partial charge in [-0.15, -0.1) is 0 Å². The van der Waals surface area contributed by atoms with Gasteiger partial charge in [0.25, 0.3) is 0 Å². The number of carbonyl (C=O) groups is 3. The molecule has 0 aromatic heterocycles. The molecule has 0 saturated carbocycles. The van der Waals surface area contributed by atoms with Crippen molar-refractivity contribution in [3.63, 3.8) is 0 Å². The van der Waals surface area contributed by atoms with E-state index in [0.29, 0.717) is 0 Å². The topological polar surface area (TPSA) is 107 Å². The second-order valence-electron chi connectivity index (χ2n) is 4.16. The Balaban J connectivity index is 2.73. The molecule has 96 valence electrons. The van der Waals surface area contributed by atoms with E-state index >= 15 is 0 Å². The van der Waals surface area contributed by atoms with Gasteiger partial charge in [0.05, 0.1) is 6.10 Å². The molecule has 0 bridgehead atoms. The summed E-state index contributed by atoms with van der Waals surface area (Å²) in [4.78, 5) is 34.7. The number of nitrogens with one attached hydrogen (secondary N) is 1. The number of rotatable bonds is 3. The lowest BCUT2D eigenvalue weighted by molar-refractivity contribution is -0.149. The molecule has 1 rings (SSSR count). The third-order valence-electron chi connectivity index (χ3n) is 2.64. The molecule has 1 saturated heterocycles. The maximum atomic E-state index is 11.9. The number of likely N-dealkylation sites (tertiary alicyclic amines) is 1. The molecule has 1 fully saturated rings. The van der Waals surface area contributed by atoms with Crippen molar-refractivity contribution >= 4 is 17.8 Å². The van der Waals surface area contributed by atoms with Gasteiger partial charge in [0, 0.05) is 19.9 Å². The largest absolute Gasteiger partial charge is 0.480 e. The van der Waals surface area contributed by atoms with Crippen molar-refractivity contribution in [1.29, 1.82) is 0 Å². The third kappa shape index (κ3) is 3.16. The molecule has 0 aliphatic carbocycles. The molecule has 1 aliphatic rings. The summed E-state index contributed by atoms with van der Waals surface area (Å²) in [6, 6.07) is -1.81. The van der Waals surface area contributed by atoms with Crippen molar-refractivity contribution in [3.8, 4) is 0 Å². The van der Waals surface area contributed by atoms with Crippen LogP contribution in [0.1, 0.15) is 20.3 Å². The van der Waals surface area contributed by atoms with Crippen molar-refractivity contribution in [3.05, 3.63) is 0 Å². The molecule has 7 nitrogen and oxygen atoms in total. The lowest BCUT2D eigenvalue weighted by Gasteiger charge is -2.24. The SMILES string of the molecule is CC(=O)NC(C)C(=O)N1CC(O)C[C@H]1C(=O)O. The van der Waals surface area contributed by atoms with Crippen molar-refractivity contribution in [1.82, 2.24) is 10.2 Å². The van der Waals surface area contributed by atoms with E-state index in [1.54, 1.807) is 0 Å². The molecule has 1 aliphatic heterocycles. The average Bonchev–Trinajstić information content (AvgIpc) is 2.58.